The molecule has 0 radical (unpaired) electrons. The Kier molecular flexibility index (Phi) is 4.47. The Morgan fingerprint density at radius 1 is 1.08 bits per heavy atom. The van der Waals surface area contributed by atoms with E-state index in [0.29, 0.717) is 0 Å². The maximum absolute atomic E-state index is 6.02. The Morgan fingerprint density at radius 2 is 1.88 bits per heavy atom. The van der Waals surface area contributed by atoms with Crippen LogP contribution in [0.15, 0.2) is 71.1 Å². The number of anilines is 1. The van der Waals surface area contributed by atoms with Crippen molar-refractivity contribution in [1.82, 2.24) is 0 Å². The lowest BCUT2D eigenvalue weighted by Crippen LogP contribution is -2.18. The first kappa shape index (κ1) is 16.2. The molecule has 2 aromatic carbocycles. The second kappa shape index (κ2) is 6.90. The maximum Gasteiger partial charge on any atom is 0.122 e. The van der Waals surface area contributed by atoms with Gasteiger partial charge in [0, 0.05) is 10.6 Å². The normalized spacial score (nSPS) is 16.8. The van der Waals surface area contributed by atoms with E-state index in [1.807, 2.05) is 41.4 Å². The van der Waals surface area contributed by atoms with E-state index in [1.165, 1.54) is 4.88 Å². The highest BCUT2D eigenvalue weighted by Gasteiger charge is 2.32. The van der Waals surface area contributed by atoms with Crippen molar-refractivity contribution in [2.24, 2.45) is 5.10 Å². The van der Waals surface area contributed by atoms with Crippen LogP contribution >= 0.6 is 22.9 Å². The lowest BCUT2D eigenvalue weighted by atomic mass is 9.93. The van der Waals surface area contributed by atoms with E-state index >= 15 is 0 Å². The van der Waals surface area contributed by atoms with Crippen LogP contribution in [0.3, 0.4) is 0 Å². The first-order valence-electron chi connectivity index (χ1n) is 8.04. The molecule has 1 aliphatic heterocycles. The summed E-state index contributed by atoms with van der Waals surface area (Å²) in [5, 5.41) is 9.78. The van der Waals surface area contributed by atoms with Gasteiger partial charge in [-0.3, -0.25) is 5.01 Å². The fourth-order valence-electron chi connectivity index (χ4n) is 3.12. The number of methoxy groups -OCH3 is 1. The maximum atomic E-state index is 6.02. The summed E-state index contributed by atoms with van der Waals surface area (Å²) >= 11 is 7.74. The number of thiophene rings is 1. The third-order valence-electron chi connectivity index (χ3n) is 4.33. The minimum atomic E-state index is 0.158. The number of hydrogen-bond acceptors (Lipinski definition) is 4. The summed E-state index contributed by atoms with van der Waals surface area (Å²) < 4.78 is 5.59. The highest BCUT2D eigenvalue weighted by Crippen LogP contribution is 2.37. The summed E-state index contributed by atoms with van der Waals surface area (Å²) in [5.41, 5.74) is 3.28. The smallest absolute Gasteiger partial charge is 0.122 e. The molecule has 3 nitrogen and oxygen atoms in total. The third-order valence-corrected chi connectivity index (χ3v) is 5.47. The Morgan fingerprint density at radius 3 is 2.60 bits per heavy atom. The van der Waals surface area contributed by atoms with E-state index in [4.69, 9.17) is 21.4 Å². The molecule has 0 bridgehead atoms. The standard InChI is InChI=1S/C20H17ClN2OS/c1-24-18-6-3-2-5-16(18)17-13-23(15-10-8-14(21)9-11-15)22-20(17)19-7-4-12-25-19/h2-12,17H,13H2,1H3/t17-/m1/s1. The number of benzene rings is 2. The SMILES string of the molecule is COc1ccccc1[C@H]1CN(c2ccc(Cl)cc2)N=C1c1cccs1. The molecule has 0 spiro atoms. The second-order valence-electron chi connectivity index (χ2n) is 5.82. The number of rotatable bonds is 4. The van der Waals surface area contributed by atoms with Gasteiger partial charge in [-0.2, -0.15) is 5.10 Å². The van der Waals surface area contributed by atoms with Crippen molar-refractivity contribution in [1.29, 1.82) is 0 Å². The molecule has 0 saturated heterocycles. The molecule has 1 atom stereocenters. The number of para-hydroxylation sites is 1. The molecule has 0 saturated carbocycles. The average molecular weight is 369 g/mol. The van der Waals surface area contributed by atoms with Crippen molar-refractivity contribution in [3.63, 3.8) is 0 Å². The quantitative estimate of drug-likeness (QED) is 0.614. The van der Waals surface area contributed by atoms with Gasteiger partial charge in [-0.05, 0) is 41.8 Å². The molecular weight excluding hydrogens is 352 g/mol. The summed E-state index contributed by atoms with van der Waals surface area (Å²) in [6.07, 6.45) is 0. The lowest BCUT2D eigenvalue weighted by molar-refractivity contribution is 0.409. The van der Waals surface area contributed by atoms with Crippen LogP contribution in [0.1, 0.15) is 16.4 Å². The highest BCUT2D eigenvalue weighted by molar-refractivity contribution is 7.12. The summed E-state index contributed by atoms with van der Waals surface area (Å²) in [7, 11) is 1.71. The minimum absolute atomic E-state index is 0.158. The van der Waals surface area contributed by atoms with Crippen molar-refractivity contribution in [3.8, 4) is 5.75 Å². The lowest BCUT2D eigenvalue weighted by Gasteiger charge is -2.18. The zero-order valence-electron chi connectivity index (χ0n) is 13.7. The molecule has 1 aliphatic rings. The van der Waals surface area contributed by atoms with Crippen LogP contribution < -0.4 is 9.75 Å². The van der Waals surface area contributed by atoms with Crippen LogP contribution in [0.2, 0.25) is 5.02 Å². The summed E-state index contributed by atoms with van der Waals surface area (Å²) in [5.74, 6) is 1.06. The molecule has 0 unspecified atom stereocenters. The monoisotopic (exact) mass is 368 g/mol. The van der Waals surface area contributed by atoms with Gasteiger partial charge in [-0.15, -0.1) is 11.3 Å². The minimum Gasteiger partial charge on any atom is -0.496 e. The number of ether oxygens (including phenoxy) is 1. The number of halogens is 1. The van der Waals surface area contributed by atoms with Crippen LogP contribution in [-0.2, 0) is 0 Å². The molecule has 0 amide bonds. The second-order valence-corrected chi connectivity index (χ2v) is 7.20. The topological polar surface area (TPSA) is 24.8 Å². The molecule has 25 heavy (non-hydrogen) atoms. The Balaban J connectivity index is 1.76. The summed E-state index contributed by atoms with van der Waals surface area (Å²) in [4.78, 5) is 1.19. The first-order chi connectivity index (χ1) is 12.3. The van der Waals surface area contributed by atoms with Gasteiger partial charge in [0.25, 0.3) is 0 Å². The van der Waals surface area contributed by atoms with Crippen molar-refractivity contribution in [2.75, 3.05) is 18.7 Å². The van der Waals surface area contributed by atoms with E-state index in [9.17, 15) is 0 Å². The van der Waals surface area contributed by atoms with Gasteiger partial charge in [0.05, 0.1) is 35.8 Å². The van der Waals surface area contributed by atoms with Gasteiger partial charge >= 0.3 is 0 Å². The third kappa shape index (κ3) is 3.15. The van der Waals surface area contributed by atoms with Gasteiger partial charge in [0.15, 0.2) is 0 Å². The molecule has 1 aromatic heterocycles. The van der Waals surface area contributed by atoms with E-state index in [-0.39, 0.29) is 5.92 Å². The van der Waals surface area contributed by atoms with Crippen LogP contribution in [0.4, 0.5) is 5.69 Å². The van der Waals surface area contributed by atoms with Gasteiger partial charge in [0.1, 0.15) is 5.75 Å². The highest BCUT2D eigenvalue weighted by atomic mass is 35.5. The molecule has 0 fully saturated rings. The molecule has 0 aliphatic carbocycles. The largest absolute Gasteiger partial charge is 0.496 e. The van der Waals surface area contributed by atoms with Crippen LogP contribution in [-0.4, -0.2) is 19.4 Å². The first-order valence-corrected chi connectivity index (χ1v) is 9.30. The molecular formula is C20H17ClN2OS. The molecule has 126 valence electrons. The molecule has 5 heteroatoms. The zero-order chi connectivity index (χ0) is 17.2. The van der Waals surface area contributed by atoms with Crippen molar-refractivity contribution < 1.29 is 4.74 Å². The summed E-state index contributed by atoms with van der Waals surface area (Å²) in [6.45, 7) is 0.773. The van der Waals surface area contributed by atoms with E-state index < -0.39 is 0 Å². The van der Waals surface area contributed by atoms with Crippen molar-refractivity contribution in [3.05, 3.63) is 81.5 Å². The Hall–Kier alpha value is -2.30. The van der Waals surface area contributed by atoms with Gasteiger partial charge < -0.3 is 4.74 Å². The van der Waals surface area contributed by atoms with Crippen LogP contribution in [0.25, 0.3) is 0 Å². The predicted molar refractivity (Wildman–Crippen MR) is 105 cm³/mol. The van der Waals surface area contributed by atoms with E-state index in [2.05, 4.69) is 29.6 Å². The van der Waals surface area contributed by atoms with Gasteiger partial charge in [-0.1, -0.05) is 35.9 Å². The average Bonchev–Trinajstić information content (AvgIpc) is 3.32. The molecule has 4 rings (SSSR count). The molecule has 2 heterocycles. The fraction of sp³-hybridized carbons (Fsp3) is 0.150. The van der Waals surface area contributed by atoms with Gasteiger partial charge in [-0.25, -0.2) is 0 Å². The van der Waals surface area contributed by atoms with E-state index in [0.717, 1.165) is 34.3 Å². The van der Waals surface area contributed by atoms with Crippen LogP contribution in [0.5, 0.6) is 5.75 Å². The zero-order valence-corrected chi connectivity index (χ0v) is 15.3. The number of hydrazone groups is 1. The van der Waals surface area contributed by atoms with Crippen LogP contribution in [0, 0.1) is 0 Å². The Labute approximate surface area is 156 Å². The Bertz CT molecular complexity index is 890. The van der Waals surface area contributed by atoms with Crippen molar-refractivity contribution in [2.45, 2.75) is 5.92 Å². The van der Waals surface area contributed by atoms with E-state index in [1.54, 1.807) is 18.4 Å². The molecule has 0 N–H and O–H groups in total. The van der Waals surface area contributed by atoms with Crippen molar-refractivity contribution >= 4 is 34.3 Å². The predicted octanol–water partition coefficient (Wildman–Crippen LogP) is 5.42. The molecule has 3 aromatic rings. The number of hydrogen-bond donors (Lipinski definition) is 0. The summed E-state index contributed by atoms with van der Waals surface area (Å²) in [6, 6.07) is 20.2. The van der Waals surface area contributed by atoms with Gasteiger partial charge in [0.2, 0.25) is 0 Å². The number of nitrogens with zero attached hydrogens (tertiary/aromatic N) is 2. The fourth-order valence-corrected chi connectivity index (χ4v) is 4.01.